The number of rotatable bonds is 5. The van der Waals surface area contributed by atoms with Gasteiger partial charge in [-0.15, -0.1) is 0 Å². The first kappa shape index (κ1) is 15.0. The molecule has 2 N–H and O–H groups in total. The van der Waals surface area contributed by atoms with E-state index in [1.807, 2.05) is 30.9 Å². The molecule has 106 valence electrons. The highest BCUT2D eigenvalue weighted by atomic mass is 35.5. The van der Waals surface area contributed by atoms with E-state index in [1.165, 1.54) is 12.2 Å². The number of aliphatic hydroxyl groups is 1. The van der Waals surface area contributed by atoms with Gasteiger partial charge in [0.05, 0.1) is 11.1 Å². The van der Waals surface area contributed by atoms with Crippen LogP contribution in [0.5, 0.6) is 5.75 Å². The molecule has 1 aliphatic rings. The average molecular weight is 302 g/mol. The van der Waals surface area contributed by atoms with Gasteiger partial charge >= 0.3 is 0 Å². The SMILES string of the molecule is CNCC(O)c1ccc(OC2CCCSC2)c(Cl)c1. The summed E-state index contributed by atoms with van der Waals surface area (Å²) < 4.78 is 5.93. The van der Waals surface area contributed by atoms with Gasteiger partial charge in [-0.2, -0.15) is 11.8 Å². The lowest BCUT2D eigenvalue weighted by Crippen LogP contribution is -2.23. The summed E-state index contributed by atoms with van der Waals surface area (Å²) >= 11 is 8.16. The van der Waals surface area contributed by atoms with E-state index in [9.17, 15) is 5.11 Å². The summed E-state index contributed by atoms with van der Waals surface area (Å²) in [6.07, 6.45) is 2.01. The summed E-state index contributed by atoms with van der Waals surface area (Å²) in [6.45, 7) is 0.510. The highest BCUT2D eigenvalue weighted by Crippen LogP contribution is 2.30. The van der Waals surface area contributed by atoms with E-state index in [2.05, 4.69) is 5.32 Å². The Hall–Kier alpha value is -0.420. The Bertz CT molecular complexity index is 410. The molecule has 1 fully saturated rings. The molecule has 0 spiro atoms. The Morgan fingerprint density at radius 2 is 2.42 bits per heavy atom. The molecule has 0 bridgehead atoms. The molecule has 2 rings (SSSR count). The van der Waals surface area contributed by atoms with Crippen LogP contribution in [0.2, 0.25) is 5.02 Å². The highest BCUT2D eigenvalue weighted by molar-refractivity contribution is 7.99. The van der Waals surface area contributed by atoms with Gasteiger partial charge in [-0.3, -0.25) is 0 Å². The number of nitrogens with one attached hydrogen (secondary N) is 1. The van der Waals surface area contributed by atoms with Crippen LogP contribution in [0.25, 0.3) is 0 Å². The van der Waals surface area contributed by atoms with Crippen molar-refractivity contribution in [3.05, 3.63) is 28.8 Å². The van der Waals surface area contributed by atoms with Crippen molar-refractivity contribution < 1.29 is 9.84 Å². The van der Waals surface area contributed by atoms with Crippen LogP contribution in [0.3, 0.4) is 0 Å². The zero-order chi connectivity index (χ0) is 13.7. The molecule has 0 saturated carbocycles. The molecule has 19 heavy (non-hydrogen) atoms. The molecule has 0 aliphatic carbocycles. The van der Waals surface area contributed by atoms with Crippen molar-refractivity contribution >= 4 is 23.4 Å². The normalized spacial score (nSPS) is 21.1. The lowest BCUT2D eigenvalue weighted by Gasteiger charge is -2.23. The lowest BCUT2D eigenvalue weighted by atomic mass is 10.1. The minimum absolute atomic E-state index is 0.254. The van der Waals surface area contributed by atoms with Crippen LogP contribution in [-0.2, 0) is 0 Å². The zero-order valence-electron chi connectivity index (χ0n) is 11.1. The molecule has 0 aromatic heterocycles. The maximum atomic E-state index is 9.89. The number of aliphatic hydroxyl groups excluding tert-OH is 1. The zero-order valence-corrected chi connectivity index (χ0v) is 12.6. The first-order valence-electron chi connectivity index (χ1n) is 6.57. The first-order valence-corrected chi connectivity index (χ1v) is 8.10. The topological polar surface area (TPSA) is 41.5 Å². The van der Waals surface area contributed by atoms with E-state index < -0.39 is 6.10 Å². The Morgan fingerprint density at radius 1 is 1.58 bits per heavy atom. The molecule has 1 saturated heterocycles. The number of thioether (sulfide) groups is 1. The van der Waals surface area contributed by atoms with Crippen molar-refractivity contribution in [1.82, 2.24) is 5.32 Å². The van der Waals surface area contributed by atoms with Crippen LogP contribution < -0.4 is 10.1 Å². The second-order valence-corrected chi connectivity index (χ2v) is 6.28. The highest BCUT2D eigenvalue weighted by Gasteiger charge is 2.17. The van der Waals surface area contributed by atoms with Crippen LogP contribution in [0.4, 0.5) is 0 Å². The average Bonchev–Trinajstić information content (AvgIpc) is 2.42. The molecule has 1 aromatic carbocycles. The summed E-state index contributed by atoms with van der Waals surface area (Å²) in [5, 5.41) is 13.4. The quantitative estimate of drug-likeness (QED) is 0.877. The molecule has 1 aliphatic heterocycles. The largest absolute Gasteiger partial charge is 0.488 e. The lowest BCUT2D eigenvalue weighted by molar-refractivity contribution is 0.177. The fraction of sp³-hybridized carbons (Fsp3) is 0.571. The second kappa shape index (κ2) is 7.39. The number of halogens is 1. The van der Waals surface area contributed by atoms with Gasteiger partial charge in [-0.05, 0) is 43.3 Å². The van der Waals surface area contributed by atoms with Crippen LogP contribution >= 0.6 is 23.4 Å². The number of likely N-dealkylation sites (N-methyl/N-ethyl adjacent to an activating group) is 1. The number of benzene rings is 1. The molecule has 5 heteroatoms. The molecule has 0 amide bonds. The summed E-state index contributed by atoms with van der Waals surface area (Å²) in [4.78, 5) is 0. The predicted octanol–water partition coefficient (Wildman–Crippen LogP) is 2.87. The first-order chi connectivity index (χ1) is 9.20. The number of ether oxygens (including phenoxy) is 1. The minimum atomic E-state index is -0.540. The number of hydrogen-bond donors (Lipinski definition) is 2. The fourth-order valence-electron chi connectivity index (χ4n) is 2.11. The minimum Gasteiger partial charge on any atom is -0.488 e. The van der Waals surface area contributed by atoms with Crippen molar-refractivity contribution in [3.8, 4) is 5.75 Å². The number of hydrogen-bond acceptors (Lipinski definition) is 4. The summed E-state index contributed by atoms with van der Waals surface area (Å²) in [5.41, 5.74) is 0.810. The van der Waals surface area contributed by atoms with E-state index in [-0.39, 0.29) is 6.10 Å². The molecule has 1 aromatic rings. The second-order valence-electron chi connectivity index (χ2n) is 4.72. The Balaban J connectivity index is 2.01. The Morgan fingerprint density at radius 3 is 3.05 bits per heavy atom. The third-order valence-corrected chi connectivity index (χ3v) is 4.63. The molecular formula is C14H20ClNO2S. The maximum absolute atomic E-state index is 9.89. The van der Waals surface area contributed by atoms with Gasteiger partial charge in [-0.25, -0.2) is 0 Å². The van der Waals surface area contributed by atoms with Crippen molar-refractivity contribution in [2.24, 2.45) is 0 Å². The third kappa shape index (κ3) is 4.28. The summed E-state index contributed by atoms with van der Waals surface area (Å²) in [7, 11) is 1.81. The van der Waals surface area contributed by atoms with Crippen molar-refractivity contribution in [1.29, 1.82) is 0 Å². The molecule has 3 nitrogen and oxygen atoms in total. The standard InChI is InChI=1S/C14H20ClNO2S/c1-16-8-13(17)10-4-5-14(12(15)7-10)18-11-3-2-6-19-9-11/h4-5,7,11,13,16-17H,2-3,6,8-9H2,1H3. The monoisotopic (exact) mass is 301 g/mol. The summed E-state index contributed by atoms with van der Waals surface area (Å²) in [5.74, 6) is 2.97. The van der Waals surface area contributed by atoms with E-state index in [1.54, 1.807) is 6.07 Å². The van der Waals surface area contributed by atoms with Crippen LogP contribution in [0.15, 0.2) is 18.2 Å². The Labute approximate surface area is 123 Å². The van der Waals surface area contributed by atoms with Crippen LogP contribution in [0, 0.1) is 0 Å². The third-order valence-electron chi connectivity index (χ3n) is 3.15. The van der Waals surface area contributed by atoms with E-state index in [0.717, 1.165) is 23.5 Å². The van der Waals surface area contributed by atoms with Gasteiger partial charge in [-0.1, -0.05) is 17.7 Å². The van der Waals surface area contributed by atoms with Gasteiger partial charge in [0.25, 0.3) is 0 Å². The van der Waals surface area contributed by atoms with Gasteiger partial charge < -0.3 is 15.2 Å². The molecule has 0 radical (unpaired) electrons. The van der Waals surface area contributed by atoms with Crippen molar-refractivity contribution in [3.63, 3.8) is 0 Å². The summed E-state index contributed by atoms with van der Waals surface area (Å²) in [6, 6.07) is 5.52. The van der Waals surface area contributed by atoms with Gasteiger partial charge in [0, 0.05) is 12.3 Å². The molecule has 2 atom stereocenters. The fourth-order valence-corrected chi connectivity index (χ4v) is 3.38. The van der Waals surface area contributed by atoms with Crippen LogP contribution in [0.1, 0.15) is 24.5 Å². The van der Waals surface area contributed by atoms with Gasteiger partial charge in [0.2, 0.25) is 0 Å². The Kier molecular flexibility index (Phi) is 5.82. The van der Waals surface area contributed by atoms with Crippen LogP contribution in [-0.4, -0.2) is 36.3 Å². The molecule has 2 unspecified atom stereocenters. The molecule has 1 heterocycles. The van der Waals surface area contributed by atoms with E-state index >= 15 is 0 Å². The smallest absolute Gasteiger partial charge is 0.138 e. The molecular weight excluding hydrogens is 282 g/mol. The van der Waals surface area contributed by atoms with E-state index in [0.29, 0.717) is 11.6 Å². The predicted molar refractivity (Wildman–Crippen MR) is 81.3 cm³/mol. The van der Waals surface area contributed by atoms with Crippen molar-refractivity contribution in [2.45, 2.75) is 25.0 Å². The van der Waals surface area contributed by atoms with Gasteiger partial charge in [0.15, 0.2) is 0 Å². The maximum Gasteiger partial charge on any atom is 0.138 e. The van der Waals surface area contributed by atoms with E-state index in [4.69, 9.17) is 16.3 Å². The van der Waals surface area contributed by atoms with Crippen molar-refractivity contribution in [2.75, 3.05) is 25.1 Å². The van der Waals surface area contributed by atoms with Gasteiger partial charge in [0.1, 0.15) is 11.9 Å².